The van der Waals surface area contributed by atoms with Gasteiger partial charge in [0.15, 0.2) is 0 Å². The van der Waals surface area contributed by atoms with Crippen LogP contribution in [0.4, 0.5) is 0 Å². The van der Waals surface area contributed by atoms with Gasteiger partial charge in [-0.05, 0) is 39.0 Å². The Labute approximate surface area is 122 Å². The van der Waals surface area contributed by atoms with E-state index >= 15 is 0 Å². The highest BCUT2D eigenvalue weighted by Gasteiger charge is 2.16. The van der Waals surface area contributed by atoms with Crippen molar-refractivity contribution in [3.8, 4) is 0 Å². The van der Waals surface area contributed by atoms with E-state index in [1.807, 2.05) is 0 Å². The first kappa shape index (κ1) is 18.7. The number of carbonyl (C=O) groups excluding carboxylic acids is 2. The molecule has 0 bridgehead atoms. The number of hydrogen-bond acceptors (Lipinski definition) is 4. The fraction of sp³-hybridized carbons (Fsp3) is 0.750. The van der Waals surface area contributed by atoms with Gasteiger partial charge in [-0.1, -0.05) is 38.3 Å². The molecule has 0 saturated carbocycles. The van der Waals surface area contributed by atoms with Gasteiger partial charge in [-0.3, -0.25) is 0 Å². The summed E-state index contributed by atoms with van der Waals surface area (Å²) in [5.74, 6) is -1.37. The van der Waals surface area contributed by atoms with E-state index in [4.69, 9.17) is 4.74 Å². The molecule has 1 unspecified atom stereocenters. The lowest BCUT2D eigenvalue weighted by atomic mass is 9.98. The van der Waals surface area contributed by atoms with Crippen LogP contribution in [0, 0.1) is 5.92 Å². The van der Waals surface area contributed by atoms with Crippen molar-refractivity contribution in [1.82, 2.24) is 0 Å². The van der Waals surface area contributed by atoms with E-state index in [-0.39, 0.29) is 13.2 Å². The van der Waals surface area contributed by atoms with E-state index in [1.165, 1.54) is 18.4 Å². The molecule has 20 heavy (non-hydrogen) atoms. The Morgan fingerprint density at radius 3 is 2.40 bits per heavy atom. The maximum atomic E-state index is 11.2. The third kappa shape index (κ3) is 9.59. The molecule has 4 nitrogen and oxygen atoms in total. The molecule has 116 valence electrons. The maximum Gasteiger partial charge on any atom is 0.417 e. The Morgan fingerprint density at radius 1 is 1.15 bits per heavy atom. The molecule has 0 aromatic carbocycles. The Bertz CT molecular complexity index is 320. The van der Waals surface area contributed by atoms with E-state index in [2.05, 4.69) is 31.6 Å². The monoisotopic (exact) mass is 284 g/mol. The molecule has 0 aromatic rings. The molecule has 0 heterocycles. The van der Waals surface area contributed by atoms with Crippen LogP contribution in [0.1, 0.15) is 59.8 Å². The number of carbonyl (C=O) groups is 2. The predicted octanol–water partition coefficient (Wildman–Crippen LogP) is 3.65. The summed E-state index contributed by atoms with van der Waals surface area (Å²) in [7, 11) is 0. The van der Waals surface area contributed by atoms with Crippen molar-refractivity contribution in [2.45, 2.75) is 59.8 Å². The minimum atomic E-state index is -0.907. The molecule has 0 aliphatic rings. The standard InChI is InChI=1S/C16H28O4/c1-5-7-8-9-13(3)12-14(4)10-11-20-16(18)15(17)19-6-2/h9,14H,5-8,10-12H2,1-4H3. The smallest absolute Gasteiger partial charge is 0.417 e. The Hall–Kier alpha value is -1.32. The summed E-state index contributed by atoms with van der Waals surface area (Å²) < 4.78 is 9.43. The van der Waals surface area contributed by atoms with Crippen LogP contribution in [0.5, 0.6) is 0 Å². The Morgan fingerprint density at radius 2 is 1.80 bits per heavy atom. The highest BCUT2D eigenvalue weighted by molar-refractivity contribution is 6.29. The van der Waals surface area contributed by atoms with Gasteiger partial charge in [0.1, 0.15) is 0 Å². The third-order valence-electron chi connectivity index (χ3n) is 3.01. The van der Waals surface area contributed by atoms with Gasteiger partial charge in [0.2, 0.25) is 0 Å². The van der Waals surface area contributed by atoms with Gasteiger partial charge in [-0.15, -0.1) is 0 Å². The summed E-state index contributed by atoms with van der Waals surface area (Å²) in [5, 5.41) is 0. The molecular weight excluding hydrogens is 256 g/mol. The average molecular weight is 284 g/mol. The van der Waals surface area contributed by atoms with Gasteiger partial charge in [-0.25, -0.2) is 9.59 Å². The van der Waals surface area contributed by atoms with E-state index in [0.29, 0.717) is 5.92 Å². The third-order valence-corrected chi connectivity index (χ3v) is 3.01. The van der Waals surface area contributed by atoms with E-state index < -0.39 is 11.9 Å². The highest BCUT2D eigenvalue weighted by Crippen LogP contribution is 2.15. The van der Waals surface area contributed by atoms with Gasteiger partial charge < -0.3 is 9.47 Å². The van der Waals surface area contributed by atoms with Crippen molar-refractivity contribution in [2.75, 3.05) is 13.2 Å². The number of unbranched alkanes of at least 4 members (excludes halogenated alkanes) is 2. The van der Waals surface area contributed by atoms with Crippen molar-refractivity contribution >= 4 is 11.9 Å². The van der Waals surface area contributed by atoms with E-state index in [9.17, 15) is 9.59 Å². The first-order valence-corrected chi connectivity index (χ1v) is 7.50. The van der Waals surface area contributed by atoms with Crippen LogP contribution in [0.15, 0.2) is 11.6 Å². The van der Waals surface area contributed by atoms with Crippen LogP contribution in [-0.2, 0) is 19.1 Å². The second kappa shape index (κ2) is 11.5. The van der Waals surface area contributed by atoms with Crippen LogP contribution in [0.25, 0.3) is 0 Å². The Kier molecular flexibility index (Phi) is 10.7. The molecule has 0 amide bonds. The normalized spacial score (nSPS) is 12.9. The largest absolute Gasteiger partial charge is 0.458 e. The molecule has 0 fully saturated rings. The summed E-state index contributed by atoms with van der Waals surface area (Å²) in [6.45, 7) is 8.55. The zero-order chi connectivity index (χ0) is 15.4. The van der Waals surface area contributed by atoms with Gasteiger partial charge >= 0.3 is 11.9 Å². The minimum absolute atomic E-state index is 0.187. The number of hydrogen-bond donors (Lipinski definition) is 0. The number of rotatable bonds is 9. The molecule has 0 aliphatic heterocycles. The second-order valence-corrected chi connectivity index (χ2v) is 5.15. The first-order valence-electron chi connectivity index (χ1n) is 7.50. The number of esters is 2. The Balaban J connectivity index is 3.82. The summed E-state index contributed by atoms with van der Waals surface area (Å²) in [6, 6.07) is 0. The fourth-order valence-corrected chi connectivity index (χ4v) is 1.89. The van der Waals surface area contributed by atoms with Crippen molar-refractivity contribution in [2.24, 2.45) is 5.92 Å². The molecule has 0 spiro atoms. The van der Waals surface area contributed by atoms with Crippen LogP contribution >= 0.6 is 0 Å². The van der Waals surface area contributed by atoms with Crippen LogP contribution < -0.4 is 0 Å². The summed E-state index contributed by atoms with van der Waals surface area (Å²) >= 11 is 0. The molecule has 0 aromatic heterocycles. The summed E-state index contributed by atoms with van der Waals surface area (Å²) in [4.78, 5) is 22.2. The predicted molar refractivity (Wildman–Crippen MR) is 79.3 cm³/mol. The van der Waals surface area contributed by atoms with Gasteiger partial charge in [0.25, 0.3) is 0 Å². The molecule has 0 aliphatic carbocycles. The van der Waals surface area contributed by atoms with E-state index in [1.54, 1.807) is 6.92 Å². The molecule has 0 saturated heterocycles. The van der Waals surface area contributed by atoms with Crippen molar-refractivity contribution in [1.29, 1.82) is 0 Å². The lowest BCUT2D eigenvalue weighted by Crippen LogP contribution is -2.21. The first-order chi connectivity index (χ1) is 9.51. The molecular formula is C16H28O4. The van der Waals surface area contributed by atoms with Crippen LogP contribution in [-0.4, -0.2) is 25.2 Å². The lowest BCUT2D eigenvalue weighted by molar-refractivity contribution is -0.167. The summed E-state index contributed by atoms with van der Waals surface area (Å²) in [5.41, 5.74) is 1.38. The lowest BCUT2D eigenvalue weighted by Gasteiger charge is -2.12. The van der Waals surface area contributed by atoms with Gasteiger partial charge in [0, 0.05) is 0 Å². The van der Waals surface area contributed by atoms with E-state index in [0.717, 1.165) is 19.3 Å². The maximum absolute atomic E-state index is 11.2. The quantitative estimate of drug-likeness (QED) is 0.281. The van der Waals surface area contributed by atoms with Crippen molar-refractivity contribution < 1.29 is 19.1 Å². The number of ether oxygens (including phenoxy) is 2. The fourth-order valence-electron chi connectivity index (χ4n) is 1.89. The zero-order valence-electron chi connectivity index (χ0n) is 13.2. The molecule has 0 rings (SSSR count). The minimum Gasteiger partial charge on any atom is -0.458 e. The van der Waals surface area contributed by atoms with Gasteiger partial charge in [0.05, 0.1) is 13.2 Å². The number of allylic oxidation sites excluding steroid dienone is 2. The van der Waals surface area contributed by atoms with Crippen LogP contribution in [0.3, 0.4) is 0 Å². The summed E-state index contributed by atoms with van der Waals surface area (Å²) in [6.07, 6.45) is 7.61. The second-order valence-electron chi connectivity index (χ2n) is 5.15. The van der Waals surface area contributed by atoms with Crippen LogP contribution in [0.2, 0.25) is 0 Å². The highest BCUT2D eigenvalue weighted by atomic mass is 16.6. The average Bonchev–Trinajstić information content (AvgIpc) is 2.39. The molecule has 0 N–H and O–H groups in total. The van der Waals surface area contributed by atoms with Gasteiger partial charge in [-0.2, -0.15) is 0 Å². The zero-order valence-corrected chi connectivity index (χ0v) is 13.2. The topological polar surface area (TPSA) is 52.6 Å². The molecule has 1 atom stereocenters. The van der Waals surface area contributed by atoms with Crippen molar-refractivity contribution in [3.63, 3.8) is 0 Å². The SMILES string of the molecule is CCCCC=C(C)CC(C)CCOC(=O)C(=O)OCC. The molecule has 0 radical (unpaired) electrons. The molecule has 4 heteroatoms. The van der Waals surface area contributed by atoms with Crippen molar-refractivity contribution in [3.05, 3.63) is 11.6 Å².